The number of carbonyl (C=O) groups is 3. The standard InChI is InChI=1S/C25H26N2O4/c1-31-22-12-10-16-6-2-3-7-18(16)19(22)11-13-23(28)26-14-17(15-26)27-24(29)20-8-4-5-9-21(20)25(27)30/h2-7,10,12,17,20-21H,8-9,11,13-15H2,1H3. The van der Waals surface area contributed by atoms with E-state index in [4.69, 9.17) is 4.74 Å². The number of carbonyl (C=O) groups excluding carboxylic acids is 3. The molecule has 3 aliphatic rings. The number of imide groups is 1. The Balaban J connectivity index is 1.22. The fourth-order valence-corrected chi connectivity index (χ4v) is 5.16. The van der Waals surface area contributed by atoms with Crippen LogP contribution in [-0.2, 0) is 20.8 Å². The molecule has 0 N–H and O–H groups in total. The highest BCUT2D eigenvalue weighted by molar-refractivity contribution is 6.06. The molecule has 2 saturated heterocycles. The van der Waals surface area contributed by atoms with Crippen molar-refractivity contribution in [1.29, 1.82) is 0 Å². The van der Waals surface area contributed by atoms with Crippen molar-refractivity contribution in [3.8, 4) is 5.75 Å². The van der Waals surface area contributed by atoms with Crippen LogP contribution in [-0.4, -0.2) is 53.8 Å². The molecule has 6 nitrogen and oxygen atoms in total. The minimum atomic E-state index is -0.207. The van der Waals surface area contributed by atoms with Crippen LogP contribution in [0.25, 0.3) is 10.8 Å². The van der Waals surface area contributed by atoms with Crippen LogP contribution in [0.15, 0.2) is 48.6 Å². The van der Waals surface area contributed by atoms with Crippen molar-refractivity contribution in [3.05, 3.63) is 54.1 Å². The summed E-state index contributed by atoms with van der Waals surface area (Å²) in [5.74, 6) is 0.304. The third-order valence-electron chi connectivity index (χ3n) is 6.93. The largest absolute Gasteiger partial charge is 0.496 e. The van der Waals surface area contributed by atoms with E-state index in [0.717, 1.165) is 22.1 Å². The molecule has 3 amide bonds. The molecule has 0 saturated carbocycles. The summed E-state index contributed by atoms with van der Waals surface area (Å²) in [5.41, 5.74) is 1.03. The first kappa shape index (κ1) is 19.8. The van der Waals surface area contributed by atoms with Crippen LogP contribution in [0.4, 0.5) is 0 Å². The molecule has 5 rings (SSSR count). The van der Waals surface area contributed by atoms with Crippen LogP contribution >= 0.6 is 0 Å². The molecule has 2 heterocycles. The quantitative estimate of drug-likeness (QED) is 0.553. The second-order valence-electron chi connectivity index (χ2n) is 8.62. The molecule has 160 valence electrons. The second-order valence-corrected chi connectivity index (χ2v) is 8.62. The summed E-state index contributed by atoms with van der Waals surface area (Å²) < 4.78 is 5.53. The Morgan fingerprint density at radius 2 is 1.68 bits per heavy atom. The lowest BCUT2D eigenvalue weighted by atomic mass is 9.85. The Bertz CT molecular complexity index is 1060. The lowest BCUT2D eigenvalue weighted by molar-refractivity contribution is -0.152. The molecule has 2 aromatic rings. The molecular formula is C25H26N2O4. The van der Waals surface area contributed by atoms with Crippen molar-refractivity contribution >= 4 is 28.5 Å². The van der Waals surface area contributed by atoms with Gasteiger partial charge in [0.2, 0.25) is 17.7 Å². The minimum Gasteiger partial charge on any atom is -0.496 e. The number of allylic oxidation sites excluding steroid dienone is 2. The van der Waals surface area contributed by atoms with E-state index in [1.165, 1.54) is 4.90 Å². The number of nitrogens with zero attached hydrogens (tertiary/aromatic N) is 2. The van der Waals surface area contributed by atoms with Crippen molar-refractivity contribution in [1.82, 2.24) is 9.80 Å². The molecule has 0 spiro atoms. The molecule has 2 aromatic carbocycles. The Morgan fingerprint density at radius 1 is 1.00 bits per heavy atom. The summed E-state index contributed by atoms with van der Waals surface area (Å²) in [6.07, 6.45) is 6.24. The van der Waals surface area contributed by atoms with E-state index in [-0.39, 0.29) is 35.6 Å². The number of amides is 3. The molecule has 0 radical (unpaired) electrons. The molecule has 2 fully saturated rings. The molecular weight excluding hydrogens is 392 g/mol. The Labute approximate surface area is 181 Å². The minimum absolute atomic E-state index is 0.0458. The van der Waals surface area contributed by atoms with Gasteiger partial charge in [0.05, 0.1) is 25.0 Å². The van der Waals surface area contributed by atoms with E-state index in [0.29, 0.717) is 38.8 Å². The van der Waals surface area contributed by atoms with E-state index < -0.39 is 0 Å². The summed E-state index contributed by atoms with van der Waals surface area (Å²) in [4.78, 5) is 41.4. The first-order chi connectivity index (χ1) is 15.1. The first-order valence-electron chi connectivity index (χ1n) is 10.9. The zero-order valence-corrected chi connectivity index (χ0v) is 17.6. The third-order valence-corrected chi connectivity index (χ3v) is 6.93. The normalized spacial score (nSPS) is 23.3. The van der Waals surface area contributed by atoms with Crippen LogP contribution in [0.1, 0.15) is 24.8 Å². The van der Waals surface area contributed by atoms with Gasteiger partial charge in [-0.1, -0.05) is 42.5 Å². The van der Waals surface area contributed by atoms with Gasteiger partial charge in [0.1, 0.15) is 5.75 Å². The predicted octanol–water partition coefficient (Wildman–Crippen LogP) is 2.94. The highest BCUT2D eigenvalue weighted by atomic mass is 16.5. The topological polar surface area (TPSA) is 66.9 Å². The van der Waals surface area contributed by atoms with E-state index in [2.05, 4.69) is 12.1 Å². The lowest BCUT2D eigenvalue weighted by Gasteiger charge is -2.43. The van der Waals surface area contributed by atoms with Crippen LogP contribution in [0, 0.1) is 11.8 Å². The van der Waals surface area contributed by atoms with Gasteiger partial charge in [-0.3, -0.25) is 19.3 Å². The van der Waals surface area contributed by atoms with Crippen LogP contribution in [0.5, 0.6) is 5.75 Å². The summed E-state index contributed by atoms with van der Waals surface area (Å²) in [5, 5.41) is 2.22. The number of hydrogen-bond acceptors (Lipinski definition) is 4. The van der Waals surface area contributed by atoms with Crippen molar-refractivity contribution in [2.45, 2.75) is 31.7 Å². The molecule has 2 aliphatic heterocycles. The molecule has 0 aromatic heterocycles. The van der Waals surface area contributed by atoms with E-state index in [1.54, 1.807) is 12.0 Å². The maximum Gasteiger partial charge on any atom is 0.233 e. The van der Waals surface area contributed by atoms with Gasteiger partial charge in [-0.25, -0.2) is 0 Å². The predicted molar refractivity (Wildman–Crippen MR) is 116 cm³/mol. The van der Waals surface area contributed by atoms with E-state index >= 15 is 0 Å². The van der Waals surface area contributed by atoms with Crippen LogP contribution in [0.3, 0.4) is 0 Å². The number of aryl methyl sites for hydroxylation is 1. The molecule has 6 heteroatoms. The van der Waals surface area contributed by atoms with Gasteiger partial charge in [0.25, 0.3) is 0 Å². The zero-order chi connectivity index (χ0) is 21.5. The second kappa shape index (κ2) is 7.84. The van der Waals surface area contributed by atoms with Gasteiger partial charge in [0.15, 0.2) is 0 Å². The number of rotatable bonds is 5. The van der Waals surface area contributed by atoms with Crippen LogP contribution < -0.4 is 4.74 Å². The van der Waals surface area contributed by atoms with Crippen molar-refractivity contribution in [2.75, 3.05) is 20.2 Å². The zero-order valence-electron chi connectivity index (χ0n) is 17.6. The maximum atomic E-state index is 12.8. The number of methoxy groups -OCH3 is 1. The maximum absolute atomic E-state index is 12.8. The van der Waals surface area contributed by atoms with Gasteiger partial charge in [-0.15, -0.1) is 0 Å². The van der Waals surface area contributed by atoms with Gasteiger partial charge in [0, 0.05) is 25.1 Å². The summed E-state index contributed by atoms with van der Waals surface area (Å²) in [6.45, 7) is 0.881. The highest BCUT2D eigenvalue weighted by Gasteiger charge is 2.52. The van der Waals surface area contributed by atoms with Gasteiger partial charge in [-0.2, -0.15) is 0 Å². The number of fused-ring (bicyclic) bond motifs is 2. The summed E-state index contributed by atoms with van der Waals surface area (Å²) in [6, 6.07) is 11.9. The fourth-order valence-electron chi connectivity index (χ4n) is 5.16. The van der Waals surface area contributed by atoms with Crippen molar-refractivity contribution in [2.24, 2.45) is 11.8 Å². The van der Waals surface area contributed by atoms with Gasteiger partial charge >= 0.3 is 0 Å². The van der Waals surface area contributed by atoms with E-state index in [9.17, 15) is 14.4 Å². The number of benzene rings is 2. The summed E-state index contributed by atoms with van der Waals surface area (Å²) in [7, 11) is 1.65. The van der Waals surface area contributed by atoms with E-state index in [1.807, 2.05) is 36.4 Å². The molecule has 31 heavy (non-hydrogen) atoms. The van der Waals surface area contributed by atoms with Crippen LogP contribution in [0.2, 0.25) is 0 Å². The fraction of sp³-hybridized carbons (Fsp3) is 0.400. The molecule has 1 aliphatic carbocycles. The van der Waals surface area contributed by atoms with Gasteiger partial charge in [-0.05, 0) is 36.1 Å². The molecule has 2 unspecified atom stereocenters. The van der Waals surface area contributed by atoms with Crippen molar-refractivity contribution in [3.63, 3.8) is 0 Å². The summed E-state index contributed by atoms with van der Waals surface area (Å²) >= 11 is 0. The molecule has 2 atom stereocenters. The Hall–Kier alpha value is -3.15. The SMILES string of the molecule is COc1ccc2ccccc2c1CCC(=O)N1CC(N2C(=O)C3CC=CCC3C2=O)C1. The van der Waals surface area contributed by atoms with Gasteiger partial charge < -0.3 is 9.64 Å². The molecule has 0 bridgehead atoms. The smallest absolute Gasteiger partial charge is 0.233 e. The monoisotopic (exact) mass is 418 g/mol. The highest BCUT2D eigenvalue weighted by Crippen LogP contribution is 2.37. The lowest BCUT2D eigenvalue weighted by Crippen LogP contribution is -2.62. The first-order valence-corrected chi connectivity index (χ1v) is 10.9. The van der Waals surface area contributed by atoms with Crippen molar-refractivity contribution < 1.29 is 19.1 Å². The third kappa shape index (κ3) is 3.30. The number of likely N-dealkylation sites (tertiary alicyclic amines) is 2. The average Bonchev–Trinajstić information content (AvgIpc) is 3.02. The number of hydrogen-bond donors (Lipinski definition) is 0. The Kier molecular flexibility index (Phi) is 5.00. The number of ether oxygens (including phenoxy) is 1. The average molecular weight is 418 g/mol. The Morgan fingerprint density at radius 3 is 2.35 bits per heavy atom.